The van der Waals surface area contributed by atoms with Gasteiger partial charge in [-0.3, -0.25) is 19.9 Å². The molecule has 0 aliphatic carbocycles. The Balaban J connectivity index is 2.24. The molecule has 3 rings (SSSR count). The first-order valence-electron chi connectivity index (χ1n) is 11.6. The highest BCUT2D eigenvalue weighted by Crippen LogP contribution is 2.48. The second-order valence-electron chi connectivity index (χ2n) is 8.80. The molecule has 0 aromatic heterocycles. The fourth-order valence-corrected chi connectivity index (χ4v) is 4.74. The number of rotatable bonds is 5. The molecular weight excluding hydrogens is 576 g/mol. The number of alkyl halides is 6. The molecule has 0 N–H and O–H groups in total. The molecule has 2 amide bonds. The van der Waals surface area contributed by atoms with E-state index in [0.717, 1.165) is 23.0 Å². The summed E-state index contributed by atoms with van der Waals surface area (Å²) in [6.07, 6.45) is -12.5. The van der Waals surface area contributed by atoms with Gasteiger partial charge in [0.2, 0.25) is 0 Å². The van der Waals surface area contributed by atoms with Gasteiger partial charge in [-0.15, -0.1) is 0 Å². The molecule has 1 aliphatic rings. The van der Waals surface area contributed by atoms with Crippen LogP contribution in [0, 0.1) is 10.1 Å². The summed E-state index contributed by atoms with van der Waals surface area (Å²) in [7, 11) is 0.946. The summed E-state index contributed by atoms with van der Waals surface area (Å²) in [5.41, 5.74) is -4.69. The normalized spacial score (nSPS) is 17.2. The number of hydrogen-bond donors (Lipinski definition) is 0. The molecule has 1 aliphatic heterocycles. The molecule has 0 saturated heterocycles. The van der Waals surface area contributed by atoms with Gasteiger partial charge in [0.1, 0.15) is 5.69 Å². The topological polar surface area (TPSA) is 102 Å². The number of carbonyl (C=O) groups is 2. The second kappa shape index (κ2) is 11.4. The predicted octanol–water partition coefficient (Wildman–Crippen LogP) is 7.35. The van der Waals surface area contributed by atoms with E-state index in [9.17, 15) is 46.0 Å². The number of methoxy groups -OCH3 is 1. The summed E-state index contributed by atoms with van der Waals surface area (Å²) in [6, 6.07) is 0.959. The van der Waals surface area contributed by atoms with Gasteiger partial charge in [-0.25, -0.2) is 9.59 Å². The summed E-state index contributed by atoms with van der Waals surface area (Å²) in [6.45, 7) is 2.10. The Bertz CT molecular complexity index is 1290. The predicted molar refractivity (Wildman–Crippen MR) is 129 cm³/mol. The largest absolute Gasteiger partial charge is 0.453 e. The van der Waals surface area contributed by atoms with Crippen LogP contribution in [0.3, 0.4) is 0 Å². The smallest absolute Gasteiger partial charge is 0.416 e. The van der Waals surface area contributed by atoms with Gasteiger partial charge in [-0.05, 0) is 50.1 Å². The van der Waals surface area contributed by atoms with Crippen LogP contribution in [0.4, 0.5) is 47.3 Å². The van der Waals surface area contributed by atoms with Crippen molar-refractivity contribution in [2.24, 2.45) is 0 Å². The van der Waals surface area contributed by atoms with Crippen LogP contribution >= 0.6 is 11.6 Å². The number of halogens is 7. The van der Waals surface area contributed by atoms with E-state index in [4.69, 9.17) is 21.1 Å². The van der Waals surface area contributed by atoms with E-state index in [1.807, 2.05) is 0 Å². The number of anilines is 1. The number of nitro groups is 1. The maximum absolute atomic E-state index is 13.4. The molecule has 0 saturated carbocycles. The first-order valence-corrected chi connectivity index (χ1v) is 11.9. The number of fused-ring (bicyclic) bond motifs is 1. The average Bonchev–Trinajstić information content (AvgIpc) is 2.85. The summed E-state index contributed by atoms with van der Waals surface area (Å²) in [5.74, 6) is 0. The summed E-state index contributed by atoms with van der Waals surface area (Å²) in [5, 5.41) is 11.8. The Labute approximate surface area is 228 Å². The highest BCUT2D eigenvalue weighted by atomic mass is 35.5. The number of nitrogens with zero attached hydrogens (tertiary/aromatic N) is 3. The van der Waals surface area contributed by atoms with E-state index in [2.05, 4.69) is 0 Å². The third kappa shape index (κ3) is 6.35. The minimum Gasteiger partial charge on any atom is -0.453 e. The molecule has 0 unspecified atom stereocenters. The van der Waals surface area contributed by atoms with Crippen LogP contribution in [0.2, 0.25) is 5.02 Å². The van der Waals surface area contributed by atoms with Gasteiger partial charge in [0.05, 0.1) is 35.8 Å². The number of ether oxygens (including phenoxy) is 2. The van der Waals surface area contributed by atoms with Crippen molar-refractivity contribution in [1.29, 1.82) is 0 Å². The van der Waals surface area contributed by atoms with E-state index >= 15 is 0 Å². The van der Waals surface area contributed by atoms with Gasteiger partial charge in [0.15, 0.2) is 0 Å². The summed E-state index contributed by atoms with van der Waals surface area (Å²) in [4.78, 5) is 38.6. The van der Waals surface area contributed by atoms with E-state index in [1.54, 1.807) is 0 Å². The van der Waals surface area contributed by atoms with Crippen LogP contribution in [0.1, 0.15) is 48.6 Å². The summed E-state index contributed by atoms with van der Waals surface area (Å²) >= 11 is 6.11. The minimum absolute atomic E-state index is 0.0513. The third-order valence-corrected chi connectivity index (χ3v) is 6.35. The van der Waals surface area contributed by atoms with Crippen molar-refractivity contribution in [2.45, 2.75) is 51.2 Å². The third-order valence-electron chi connectivity index (χ3n) is 6.14. The minimum atomic E-state index is -5.13. The fraction of sp³-hybridized carbons (Fsp3) is 0.417. The molecule has 16 heteroatoms. The molecule has 2 atom stereocenters. The van der Waals surface area contributed by atoms with Crippen LogP contribution in [0.15, 0.2) is 30.3 Å². The van der Waals surface area contributed by atoms with Gasteiger partial charge in [0, 0.05) is 29.2 Å². The average molecular weight is 598 g/mol. The Kier molecular flexibility index (Phi) is 8.77. The Morgan fingerprint density at radius 1 is 1.10 bits per heavy atom. The quantitative estimate of drug-likeness (QED) is 0.203. The first-order chi connectivity index (χ1) is 18.5. The van der Waals surface area contributed by atoms with Crippen molar-refractivity contribution in [3.63, 3.8) is 0 Å². The highest BCUT2D eigenvalue weighted by Gasteiger charge is 2.44. The Hall–Kier alpha value is -3.75. The van der Waals surface area contributed by atoms with E-state index in [1.165, 1.54) is 19.9 Å². The lowest BCUT2D eigenvalue weighted by Gasteiger charge is -2.42. The maximum Gasteiger partial charge on any atom is 0.416 e. The van der Waals surface area contributed by atoms with Gasteiger partial charge in [-0.1, -0.05) is 11.6 Å². The number of amides is 2. The zero-order valence-electron chi connectivity index (χ0n) is 21.1. The van der Waals surface area contributed by atoms with E-state index in [0.29, 0.717) is 12.1 Å². The standard InChI is InChI=1S/C24H22ClF6N3O6/c1-4-40-22(36)33-12(2)5-18(17-9-16(25)10-19(20(17)33)34(37)38)32(21(35)39-3)11-13-6-14(23(26,27)28)8-15(7-13)24(29,30)31/h6-10,12,18H,4-5,11H2,1-3H3/t12-,18+/m0/s1. The molecule has 0 radical (unpaired) electrons. The van der Waals surface area contributed by atoms with Gasteiger partial charge >= 0.3 is 24.5 Å². The summed E-state index contributed by atoms with van der Waals surface area (Å²) < 4.78 is 90.5. The lowest BCUT2D eigenvalue weighted by molar-refractivity contribution is -0.384. The van der Waals surface area contributed by atoms with Crippen molar-refractivity contribution in [1.82, 2.24) is 4.90 Å². The molecule has 0 bridgehead atoms. The second-order valence-corrected chi connectivity index (χ2v) is 9.24. The van der Waals surface area contributed by atoms with Crippen LogP contribution in [-0.2, 0) is 28.4 Å². The van der Waals surface area contributed by atoms with E-state index < -0.39 is 70.5 Å². The van der Waals surface area contributed by atoms with Crippen LogP contribution in [0.5, 0.6) is 0 Å². The maximum atomic E-state index is 13.4. The van der Waals surface area contributed by atoms with Crippen molar-refractivity contribution in [2.75, 3.05) is 18.6 Å². The highest BCUT2D eigenvalue weighted by molar-refractivity contribution is 6.31. The van der Waals surface area contributed by atoms with Crippen molar-refractivity contribution >= 4 is 35.2 Å². The van der Waals surface area contributed by atoms with Crippen LogP contribution in [0.25, 0.3) is 0 Å². The number of benzene rings is 2. The Morgan fingerprint density at radius 3 is 2.15 bits per heavy atom. The lowest BCUT2D eigenvalue weighted by atomic mass is 9.89. The van der Waals surface area contributed by atoms with Gasteiger partial charge < -0.3 is 9.47 Å². The number of nitro benzene ring substituents is 1. The zero-order chi connectivity index (χ0) is 30.2. The molecular formula is C24H22ClF6N3O6. The molecule has 9 nitrogen and oxygen atoms in total. The first kappa shape index (κ1) is 30.8. The van der Waals surface area contributed by atoms with Crippen LogP contribution in [-0.4, -0.2) is 41.8 Å². The zero-order valence-corrected chi connectivity index (χ0v) is 21.9. The monoisotopic (exact) mass is 597 g/mol. The van der Waals surface area contributed by atoms with Gasteiger partial charge in [-0.2, -0.15) is 26.3 Å². The molecule has 218 valence electrons. The van der Waals surface area contributed by atoms with Crippen molar-refractivity contribution < 1.29 is 50.3 Å². The van der Waals surface area contributed by atoms with Gasteiger partial charge in [0.25, 0.3) is 5.69 Å². The number of carbonyl (C=O) groups excluding carboxylic acids is 2. The SMILES string of the molecule is CCOC(=O)N1c2c(cc(Cl)cc2[N+](=O)[O-])[C@H](N(Cc2cc(C(F)(F)F)cc(C(F)(F)F)c2)C(=O)OC)C[C@@H]1C. The Morgan fingerprint density at radius 2 is 1.68 bits per heavy atom. The molecule has 40 heavy (non-hydrogen) atoms. The van der Waals surface area contributed by atoms with Crippen LogP contribution < -0.4 is 4.90 Å². The molecule has 2 aromatic rings. The fourth-order valence-electron chi connectivity index (χ4n) is 4.52. The molecule has 2 aromatic carbocycles. The van der Waals surface area contributed by atoms with Crippen molar-refractivity contribution in [3.8, 4) is 0 Å². The van der Waals surface area contributed by atoms with E-state index in [-0.39, 0.29) is 35.4 Å². The molecule has 1 heterocycles. The molecule has 0 spiro atoms. The molecule has 0 fully saturated rings. The van der Waals surface area contributed by atoms with Crippen molar-refractivity contribution in [3.05, 3.63) is 67.7 Å². The number of hydrogen-bond acceptors (Lipinski definition) is 6. The lowest BCUT2D eigenvalue weighted by Crippen LogP contribution is -2.48.